The second-order valence-electron chi connectivity index (χ2n) is 7.11. The van der Waals surface area contributed by atoms with Crippen LogP contribution < -0.4 is 9.47 Å². The van der Waals surface area contributed by atoms with Crippen molar-refractivity contribution in [2.24, 2.45) is 0 Å². The van der Waals surface area contributed by atoms with Crippen LogP contribution in [0.2, 0.25) is 0 Å². The predicted octanol–water partition coefficient (Wildman–Crippen LogP) is 4.92. The van der Waals surface area contributed by atoms with Crippen LogP contribution in [0.25, 0.3) is 6.08 Å². The number of carbonyl (C=O) groups is 1. The van der Waals surface area contributed by atoms with Crippen LogP contribution in [-0.2, 0) is 6.42 Å². The zero-order valence-electron chi connectivity index (χ0n) is 15.5. The first-order valence-electron chi connectivity index (χ1n) is 8.49. The Bertz CT molecular complexity index is 860. The van der Waals surface area contributed by atoms with Crippen LogP contribution in [0.4, 0.5) is 0 Å². The van der Waals surface area contributed by atoms with Crippen molar-refractivity contribution in [2.75, 3.05) is 7.11 Å². The van der Waals surface area contributed by atoms with E-state index in [2.05, 4.69) is 0 Å². The molecule has 0 saturated carbocycles. The number of ketones is 1. The van der Waals surface area contributed by atoms with Gasteiger partial charge in [-0.25, -0.2) is 0 Å². The van der Waals surface area contributed by atoms with Gasteiger partial charge in [-0.3, -0.25) is 4.79 Å². The van der Waals surface area contributed by atoms with Gasteiger partial charge in [0.25, 0.3) is 0 Å². The van der Waals surface area contributed by atoms with Gasteiger partial charge >= 0.3 is 0 Å². The summed E-state index contributed by atoms with van der Waals surface area (Å²) in [6.45, 7) is 8.09. The number of benzene rings is 2. The molecule has 3 nitrogen and oxygen atoms in total. The Hall–Kier alpha value is -2.55. The van der Waals surface area contributed by atoms with Gasteiger partial charge in [-0.1, -0.05) is 18.2 Å². The second kappa shape index (κ2) is 6.40. The molecule has 2 aromatic rings. The van der Waals surface area contributed by atoms with Crippen LogP contribution in [0.5, 0.6) is 11.5 Å². The zero-order valence-corrected chi connectivity index (χ0v) is 15.5. The summed E-state index contributed by atoms with van der Waals surface area (Å²) >= 11 is 0. The van der Waals surface area contributed by atoms with Crippen LogP contribution in [0, 0.1) is 13.8 Å². The Labute approximate surface area is 149 Å². The molecule has 0 spiro atoms. The summed E-state index contributed by atoms with van der Waals surface area (Å²) in [5, 5.41) is 0. The number of methoxy groups -OCH3 is 1. The Morgan fingerprint density at radius 3 is 2.56 bits per heavy atom. The molecule has 0 atom stereocenters. The predicted molar refractivity (Wildman–Crippen MR) is 101 cm³/mol. The highest BCUT2D eigenvalue weighted by Crippen LogP contribution is 2.39. The van der Waals surface area contributed by atoms with E-state index in [0.29, 0.717) is 12.2 Å². The number of carbonyl (C=O) groups excluding carboxylic acids is 1. The standard InChI is InChI=1S/C22H24O3/c1-14-6-7-16(12-15(14)2)19(23)13-17-8-9-20-18(21(17)24-5)10-11-22(3,4)25-20/h6-12H,13H2,1-5H3. The summed E-state index contributed by atoms with van der Waals surface area (Å²) in [5.74, 6) is 1.58. The Morgan fingerprint density at radius 2 is 1.88 bits per heavy atom. The minimum atomic E-state index is -0.339. The number of hydrogen-bond donors (Lipinski definition) is 0. The molecule has 130 valence electrons. The second-order valence-corrected chi connectivity index (χ2v) is 7.11. The van der Waals surface area contributed by atoms with Crippen molar-refractivity contribution in [2.45, 2.75) is 39.7 Å². The van der Waals surface area contributed by atoms with E-state index >= 15 is 0 Å². The van der Waals surface area contributed by atoms with Crippen LogP contribution in [0.3, 0.4) is 0 Å². The van der Waals surface area contributed by atoms with E-state index in [0.717, 1.165) is 28.0 Å². The molecule has 0 N–H and O–H groups in total. The molecule has 3 heteroatoms. The van der Waals surface area contributed by atoms with Gasteiger partial charge in [-0.05, 0) is 63.1 Å². The quantitative estimate of drug-likeness (QED) is 0.743. The molecule has 25 heavy (non-hydrogen) atoms. The summed E-state index contributed by atoms with van der Waals surface area (Å²) in [7, 11) is 1.63. The van der Waals surface area contributed by atoms with Gasteiger partial charge in [0.2, 0.25) is 0 Å². The first-order valence-corrected chi connectivity index (χ1v) is 8.49. The smallest absolute Gasteiger partial charge is 0.167 e. The van der Waals surface area contributed by atoms with Gasteiger partial charge in [0.05, 0.1) is 12.7 Å². The minimum Gasteiger partial charge on any atom is -0.496 e. The van der Waals surface area contributed by atoms with Crippen molar-refractivity contribution in [1.82, 2.24) is 0 Å². The van der Waals surface area contributed by atoms with Gasteiger partial charge in [0, 0.05) is 17.5 Å². The topological polar surface area (TPSA) is 35.5 Å². The zero-order chi connectivity index (χ0) is 18.2. The van der Waals surface area contributed by atoms with Crippen molar-refractivity contribution in [3.8, 4) is 11.5 Å². The van der Waals surface area contributed by atoms with Crippen LogP contribution >= 0.6 is 0 Å². The third-order valence-corrected chi connectivity index (χ3v) is 4.65. The average molecular weight is 336 g/mol. The molecule has 0 bridgehead atoms. The maximum atomic E-state index is 12.7. The molecule has 0 radical (unpaired) electrons. The molecule has 0 amide bonds. The molecule has 1 heterocycles. The highest BCUT2D eigenvalue weighted by Gasteiger charge is 2.25. The highest BCUT2D eigenvalue weighted by molar-refractivity contribution is 5.98. The Morgan fingerprint density at radius 1 is 1.12 bits per heavy atom. The van der Waals surface area contributed by atoms with E-state index in [-0.39, 0.29) is 11.4 Å². The lowest BCUT2D eigenvalue weighted by molar-refractivity contribution is 0.0991. The van der Waals surface area contributed by atoms with Gasteiger partial charge in [0.15, 0.2) is 5.78 Å². The largest absolute Gasteiger partial charge is 0.496 e. The molecule has 0 saturated heterocycles. The SMILES string of the molecule is COc1c(CC(=O)c2ccc(C)c(C)c2)ccc2c1C=CC(C)(C)O2. The van der Waals surface area contributed by atoms with E-state index in [1.165, 1.54) is 5.56 Å². The van der Waals surface area contributed by atoms with Crippen molar-refractivity contribution in [3.63, 3.8) is 0 Å². The van der Waals surface area contributed by atoms with Crippen molar-refractivity contribution < 1.29 is 14.3 Å². The summed E-state index contributed by atoms with van der Waals surface area (Å²) < 4.78 is 11.6. The van der Waals surface area contributed by atoms with Crippen molar-refractivity contribution in [1.29, 1.82) is 0 Å². The van der Waals surface area contributed by atoms with Crippen molar-refractivity contribution >= 4 is 11.9 Å². The third-order valence-electron chi connectivity index (χ3n) is 4.65. The molecule has 1 aliphatic rings. The van der Waals surface area contributed by atoms with Gasteiger partial charge in [-0.15, -0.1) is 0 Å². The molecule has 0 aromatic heterocycles. The van der Waals surface area contributed by atoms with E-state index in [9.17, 15) is 4.79 Å². The molecular weight excluding hydrogens is 312 g/mol. The number of fused-ring (bicyclic) bond motifs is 1. The normalized spacial score (nSPS) is 14.6. The van der Waals surface area contributed by atoms with Crippen LogP contribution in [0.1, 0.15) is 46.5 Å². The first kappa shape index (κ1) is 17.3. The van der Waals surface area contributed by atoms with Gasteiger partial charge in [0.1, 0.15) is 17.1 Å². The van der Waals surface area contributed by atoms with Crippen LogP contribution in [-0.4, -0.2) is 18.5 Å². The average Bonchev–Trinajstić information content (AvgIpc) is 2.56. The summed E-state index contributed by atoms with van der Waals surface area (Å²) in [4.78, 5) is 12.7. The lowest BCUT2D eigenvalue weighted by Gasteiger charge is -2.29. The molecule has 0 aliphatic carbocycles. The maximum Gasteiger partial charge on any atom is 0.167 e. The van der Waals surface area contributed by atoms with Gasteiger partial charge < -0.3 is 9.47 Å². The lowest BCUT2D eigenvalue weighted by atomic mass is 9.95. The van der Waals surface area contributed by atoms with E-state index in [1.807, 2.05) is 70.2 Å². The third kappa shape index (κ3) is 3.46. The molecule has 2 aromatic carbocycles. The Kier molecular flexibility index (Phi) is 4.42. The number of aryl methyl sites for hydroxylation is 2. The number of hydrogen-bond acceptors (Lipinski definition) is 3. The Balaban J connectivity index is 1.93. The molecular formula is C22H24O3. The fraction of sp³-hybridized carbons (Fsp3) is 0.318. The monoisotopic (exact) mass is 336 g/mol. The summed E-state index contributed by atoms with van der Waals surface area (Å²) in [6, 6.07) is 9.68. The maximum absolute atomic E-state index is 12.7. The molecule has 1 aliphatic heterocycles. The number of rotatable bonds is 4. The lowest BCUT2D eigenvalue weighted by Crippen LogP contribution is -2.27. The number of ether oxygens (including phenoxy) is 2. The molecule has 0 fully saturated rings. The van der Waals surface area contributed by atoms with Crippen molar-refractivity contribution in [3.05, 3.63) is 64.2 Å². The fourth-order valence-corrected chi connectivity index (χ4v) is 3.05. The van der Waals surface area contributed by atoms with Gasteiger partial charge in [-0.2, -0.15) is 0 Å². The van der Waals surface area contributed by atoms with E-state index in [1.54, 1.807) is 7.11 Å². The minimum absolute atomic E-state index is 0.0855. The molecule has 0 unspecified atom stereocenters. The fourth-order valence-electron chi connectivity index (χ4n) is 3.05. The number of Topliss-reactive ketones (excluding diaryl/α,β-unsaturated/α-hetero) is 1. The van der Waals surface area contributed by atoms with Crippen LogP contribution in [0.15, 0.2) is 36.4 Å². The first-order chi connectivity index (χ1) is 11.8. The van der Waals surface area contributed by atoms with E-state index < -0.39 is 0 Å². The summed E-state index contributed by atoms with van der Waals surface area (Å²) in [6.07, 6.45) is 4.32. The van der Waals surface area contributed by atoms with E-state index in [4.69, 9.17) is 9.47 Å². The molecule has 3 rings (SSSR count). The summed E-state index contributed by atoms with van der Waals surface area (Å²) in [5.41, 5.74) is 4.48. The highest BCUT2D eigenvalue weighted by atomic mass is 16.5.